The van der Waals surface area contributed by atoms with Crippen LogP contribution in [0.4, 0.5) is 14.5 Å². The van der Waals surface area contributed by atoms with E-state index in [1.807, 2.05) is 0 Å². The van der Waals surface area contributed by atoms with E-state index in [1.54, 1.807) is 0 Å². The van der Waals surface area contributed by atoms with Gasteiger partial charge in [0.25, 0.3) is 10.0 Å². The lowest BCUT2D eigenvalue weighted by Crippen LogP contribution is -2.13. The first-order valence-electron chi connectivity index (χ1n) is 5.54. The average Bonchev–Trinajstić information content (AvgIpc) is 2.39. The van der Waals surface area contributed by atoms with Crippen LogP contribution in [0.15, 0.2) is 47.4 Å². The smallest absolute Gasteiger partial charge is 0.262 e. The van der Waals surface area contributed by atoms with Crippen molar-refractivity contribution in [2.75, 3.05) is 11.8 Å². The van der Waals surface area contributed by atoms with E-state index < -0.39 is 21.7 Å². The maximum atomic E-state index is 13.2. The van der Waals surface area contributed by atoms with Gasteiger partial charge in [-0.25, -0.2) is 17.2 Å². The molecule has 0 saturated heterocycles. The molecule has 0 saturated carbocycles. The summed E-state index contributed by atoms with van der Waals surface area (Å²) < 4.78 is 57.3. The van der Waals surface area contributed by atoms with Crippen molar-refractivity contribution in [3.63, 3.8) is 0 Å². The molecule has 106 valence electrons. The van der Waals surface area contributed by atoms with Crippen LogP contribution in [0.25, 0.3) is 0 Å². The van der Waals surface area contributed by atoms with Crippen LogP contribution in [0.3, 0.4) is 0 Å². The van der Waals surface area contributed by atoms with Crippen molar-refractivity contribution in [1.82, 2.24) is 0 Å². The number of methoxy groups -OCH3 is 1. The van der Waals surface area contributed by atoms with E-state index in [1.165, 1.54) is 13.2 Å². The summed E-state index contributed by atoms with van der Waals surface area (Å²) in [6.07, 6.45) is 0. The Morgan fingerprint density at radius 3 is 2.20 bits per heavy atom. The quantitative estimate of drug-likeness (QED) is 0.944. The Labute approximate surface area is 115 Å². The molecule has 2 aromatic rings. The molecule has 0 amide bonds. The minimum absolute atomic E-state index is 0.0307. The number of ether oxygens (including phenoxy) is 1. The van der Waals surface area contributed by atoms with Crippen molar-refractivity contribution in [1.29, 1.82) is 0 Å². The van der Waals surface area contributed by atoms with Crippen molar-refractivity contribution in [3.8, 4) is 5.75 Å². The van der Waals surface area contributed by atoms with E-state index in [-0.39, 0.29) is 16.3 Å². The monoisotopic (exact) mass is 299 g/mol. The number of halogens is 2. The first-order chi connectivity index (χ1) is 9.42. The topological polar surface area (TPSA) is 55.4 Å². The summed E-state index contributed by atoms with van der Waals surface area (Å²) in [7, 11) is -2.61. The standard InChI is InChI=1S/C13H11F2NO3S/c1-19-13-7-4-10(15)8-12(13)16-20(17,18)11-5-2-9(14)3-6-11/h2-8,16H,1H3. The van der Waals surface area contributed by atoms with Crippen LogP contribution in [-0.4, -0.2) is 15.5 Å². The molecular formula is C13H11F2NO3S. The van der Waals surface area contributed by atoms with E-state index in [2.05, 4.69) is 4.72 Å². The molecule has 0 atom stereocenters. The molecule has 0 unspecified atom stereocenters. The van der Waals surface area contributed by atoms with Gasteiger partial charge in [0, 0.05) is 6.07 Å². The normalized spacial score (nSPS) is 11.2. The predicted octanol–water partition coefficient (Wildman–Crippen LogP) is 2.77. The van der Waals surface area contributed by atoms with Gasteiger partial charge in [0.05, 0.1) is 17.7 Å². The molecule has 2 rings (SSSR count). The molecule has 0 heterocycles. The molecule has 0 radical (unpaired) electrons. The number of anilines is 1. The van der Waals surface area contributed by atoms with Gasteiger partial charge in [-0.15, -0.1) is 0 Å². The fourth-order valence-electron chi connectivity index (χ4n) is 1.58. The minimum Gasteiger partial charge on any atom is -0.495 e. The van der Waals surface area contributed by atoms with E-state index in [9.17, 15) is 17.2 Å². The lowest BCUT2D eigenvalue weighted by Gasteiger charge is -2.11. The third-order valence-corrected chi connectivity index (χ3v) is 3.91. The zero-order chi connectivity index (χ0) is 14.8. The molecule has 4 nitrogen and oxygen atoms in total. The maximum Gasteiger partial charge on any atom is 0.262 e. The molecule has 2 aromatic carbocycles. The van der Waals surface area contributed by atoms with E-state index in [0.29, 0.717) is 0 Å². The van der Waals surface area contributed by atoms with Gasteiger partial charge < -0.3 is 4.74 Å². The van der Waals surface area contributed by atoms with E-state index >= 15 is 0 Å². The molecule has 0 aromatic heterocycles. The van der Waals surface area contributed by atoms with Crippen LogP contribution in [-0.2, 0) is 10.0 Å². The molecule has 0 bridgehead atoms. The zero-order valence-corrected chi connectivity index (χ0v) is 11.2. The Hall–Kier alpha value is -2.15. The van der Waals surface area contributed by atoms with Crippen LogP contribution in [0.2, 0.25) is 0 Å². The lowest BCUT2D eigenvalue weighted by molar-refractivity contribution is 0.416. The predicted molar refractivity (Wildman–Crippen MR) is 70.2 cm³/mol. The SMILES string of the molecule is COc1ccc(F)cc1NS(=O)(=O)c1ccc(F)cc1. The number of rotatable bonds is 4. The molecule has 0 aliphatic carbocycles. The van der Waals surface area contributed by atoms with E-state index in [4.69, 9.17) is 4.74 Å². The van der Waals surface area contributed by atoms with Crippen LogP contribution < -0.4 is 9.46 Å². The fourth-order valence-corrected chi connectivity index (χ4v) is 2.64. The van der Waals surface area contributed by atoms with Crippen LogP contribution >= 0.6 is 0 Å². The van der Waals surface area contributed by atoms with Crippen molar-refractivity contribution < 1.29 is 21.9 Å². The van der Waals surface area contributed by atoms with Crippen LogP contribution in [0, 0.1) is 11.6 Å². The summed E-state index contributed by atoms with van der Waals surface area (Å²) in [5, 5.41) is 0. The first kappa shape index (κ1) is 14.3. The second kappa shape index (κ2) is 5.46. The summed E-state index contributed by atoms with van der Waals surface area (Å²) in [4.78, 5) is -0.134. The van der Waals surface area contributed by atoms with Crippen molar-refractivity contribution in [2.24, 2.45) is 0 Å². The molecular weight excluding hydrogens is 288 g/mol. The minimum atomic E-state index is -3.94. The summed E-state index contributed by atoms with van der Waals surface area (Å²) in [6, 6.07) is 7.73. The summed E-state index contributed by atoms with van der Waals surface area (Å²) in [5.74, 6) is -0.980. The zero-order valence-electron chi connectivity index (χ0n) is 10.4. The number of nitrogens with one attached hydrogen (secondary N) is 1. The Bertz CT molecular complexity index is 715. The molecule has 0 aliphatic heterocycles. The second-order valence-corrected chi connectivity index (χ2v) is 5.59. The lowest BCUT2D eigenvalue weighted by atomic mass is 10.3. The average molecular weight is 299 g/mol. The highest BCUT2D eigenvalue weighted by atomic mass is 32.2. The van der Waals surface area contributed by atoms with Crippen LogP contribution in [0.1, 0.15) is 0 Å². The van der Waals surface area contributed by atoms with Gasteiger partial charge in [-0.1, -0.05) is 0 Å². The maximum absolute atomic E-state index is 13.2. The van der Waals surface area contributed by atoms with Crippen molar-refractivity contribution >= 4 is 15.7 Å². The second-order valence-electron chi connectivity index (χ2n) is 3.90. The number of hydrogen-bond acceptors (Lipinski definition) is 3. The number of benzene rings is 2. The molecule has 1 N–H and O–H groups in total. The Balaban J connectivity index is 2.37. The highest BCUT2D eigenvalue weighted by molar-refractivity contribution is 7.92. The molecule has 0 aliphatic rings. The van der Waals surface area contributed by atoms with Crippen molar-refractivity contribution in [3.05, 3.63) is 54.1 Å². The van der Waals surface area contributed by atoms with Gasteiger partial charge in [-0.3, -0.25) is 4.72 Å². The van der Waals surface area contributed by atoms with Gasteiger partial charge in [0.1, 0.15) is 17.4 Å². The van der Waals surface area contributed by atoms with Gasteiger partial charge >= 0.3 is 0 Å². The van der Waals surface area contributed by atoms with Gasteiger partial charge in [0.2, 0.25) is 0 Å². The van der Waals surface area contributed by atoms with Crippen LogP contribution in [0.5, 0.6) is 5.75 Å². The van der Waals surface area contributed by atoms with Crippen molar-refractivity contribution in [2.45, 2.75) is 4.90 Å². The van der Waals surface area contributed by atoms with E-state index in [0.717, 1.165) is 36.4 Å². The Kier molecular flexibility index (Phi) is 3.89. The van der Waals surface area contributed by atoms with Gasteiger partial charge in [-0.2, -0.15) is 0 Å². The summed E-state index contributed by atoms with van der Waals surface area (Å²) in [5.41, 5.74) is -0.0307. The largest absolute Gasteiger partial charge is 0.495 e. The Morgan fingerprint density at radius 1 is 1.00 bits per heavy atom. The summed E-state index contributed by atoms with van der Waals surface area (Å²) >= 11 is 0. The molecule has 7 heteroatoms. The van der Waals surface area contributed by atoms with Gasteiger partial charge in [-0.05, 0) is 36.4 Å². The third-order valence-electron chi connectivity index (χ3n) is 2.53. The molecule has 0 fully saturated rings. The highest BCUT2D eigenvalue weighted by Crippen LogP contribution is 2.27. The number of sulfonamides is 1. The van der Waals surface area contributed by atoms with Gasteiger partial charge in [0.15, 0.2) is 0 Å². The number of hydrogen-bond donors (Lipinski definition) is 1. The summed E-state index contributed by atoms with van der Waals surface area (Å²) in [6.45, 7) is 0. The highest BCUT2D eigenvalue weighted by Gasteiger charge is 2.17. The fraction of sp³-hybridized carbons (Fsp3) is 0.0769. The first-order valence-corrected chi connectivity index (χ1v) is 7.02. The molecule has 20 heavy (non-hydrogen) atoms. The third kappa shape index (κ3) is 3.05. The Morgan fingerprint density at radius 2 is 1.60 bits per heavy atom. The molecule has 0 spiro atoms.